The Labute approximate surface area is 153 Å². The highest BCUT2D eigenvalue weighted by Gasteiger charge is 2.51. The van der Waals surface area contributed by atoms with E-state index >= 15 is 0 Å². The Morgan fingerprint density at radius 2 is 1.88 bits per heavy atom. The molecule has 0 saturated heterocycles. The van der Waals surface area contributed by atoms with Crippen LogP contribution >= 0.6 is 22.9 Å². The zero-order valence-corrected chi connectivity index (χ0v) is 14.9. The maximum Gasteiger partial charge on any atom is 0.263 e. The molecule has 2 aromatic carbocycles. The molecule has 7 heteroatoms. The summed E-state index contributed by atoms with van der Waals surface area (Å²) in [5.74, 6) is -0.299. The molecule has 0 bridgehead atoms. The Kier molecular flexibility index (Phi) is 3.83. The van der Waals surface area contributed by atoms with Crippen molar-refractivity contribution in [3.8, 4) is 0 Å². The van der Waals surface area contributed by atoms with Crippen molar-refractivity contribution in [2.75, 3.05) is 4.90 Å². The minimum atomic E-state index is -1.65. The number of fused-ring (bicyclic) bond motifs is 1. The number of benzene rings is 2. The van der Waals surface area contributed by atoms with Crippen LogP contribution in [-0.2, 0) is 12.1 Å². The van der Waals surface area contributed by atoms with Gasteiger partial charge in [-0.25, -0.2) is 4.90 Å². The number of anilines is 1. The lowest BCUT2D eigenvalue weighted by atomic mass is 9.94. The van der Waals surface area contributed by atoms with Crippen LogP contribution in [0.4, 0.5) is 5.13 Å². The standard InChI is InChI=1S/C18H14ClN3O2S/c1-2-15-20-21-17(25-15)22-16(23)13-5-3-4-6-14(13)18(22,24)11-7-9-12(19)10-8-11/h3-10,24H,2H2,1H3/t18-/m1/s1. The molecule has 1 amide bonds. The number of aryl methyl sites for hydroxylation is 1. The van der Waals surface area contributed by atoms with Crippen molar-refractivity contribution in [1.29, 1.82) is 0 Å². The van der Waals surface area contributed by atoms with E-state index in [9.17, 15) is 9.90 Å². The Morgan fingerprint density at radius 3 is 2.56 bits per heavy atom. The maximum atomic E-state index is 13.0. The molecule has 1 atom stereocenters. The number of nitrogens with zero attached hydrogens (tertiary/aromatic N) is 3. The van der Waals surface area contributed by atoms with Crippen LogP contribution in [0.3, 0.4) is 0 Å². The molecule has 1 aromatic heterocycles. The minimum Gasteiger partial charge on any atom is -0.363 e. The molecule has 2 heterocycles. The third-order valence-corrected chi connectivity index (χ3v) is 5.56. The molecule has 4 rings (SSSR count). The van der Waals surface area contributed by atoms with Gasteiger partial charge in [-0.1, -0.05) is 60.2 Å². The Bertz CT molecular complexity index is 957. The molecular formula is C18H14ClN3O2S. The van der Waals surface area contributed by atoms with Crippen molar-refractivity contribution in [2.45, 2.75) is 19.1 Å². The smallest absolute Gasteiger partial charge is 0.263 e. The maximum absolute atomic E-state index is 13.0. The molecule has 0 fully saturated rings. The Hall–Kier alpha value is -2.28. The summed E-state index contributed by atoms with van der Waals surface area (Å²) in [7, 11) is 0. The van der Waals surface area contributed by atoms with Crippen LogP contribution in [-0.4, -0.2) is 21.2 Å². The molecule has 5 nitrogen and oxygen atoms in total. The van der Waals surface area contributed by atoms with E-state index in [2.05, 4.69) is 10.2 Å². The third-order valence-electron chi connectivity index (χ3n) is 4.26. The number of aromatic nitrogens is 2. The first-order valence-corrected chi connectivity index (χ1v) is 9.00. The topological polar surface area (TPSA) is 66.3 Å². The zero-order chi connectivity index (χ0) is 17.6. The van der Waals surface area contributed by atoms with Crippen LogP contribution in [0.25, 0.3) is 0 Å². The number of carbonyl (C=O) groups is 1. The molecular weight excluding hydrogens is 358 g/mol. The molecule has 0 unspecified atom stereocenters. The molecule has 126 valence electrons. The number of carbonyl (C=O) groups excluding carboxylic acids is 1. The van der Waals surface area contributed by atoms with Gasteiger partial charge in [0.15, 0.2) is 0 Å². The quantitative estimate of drug-likeness (QED) is 0.763. The monoisotopic (exact) mass is 371 g/mol. The average molecular weight is 372 g/mol. The highest BCUT2D eigenvalue weighted by Crippen LogP contribution is 2.45. The van der Waals surface area contributed by atoms with Gasteiger partial charge < -0.3 is 5.11 Å². The van der Waals surface area contributed by atoms with Crippen LogP contribution < -0.4 is 4.90 Å². The summed E-state index contributed by atoms with van der Waals surface area (Å²) in [6.07, 6.45) is 0.714. The fourth-order valence-electron chi connectivity index (χ4n) is 3.03. The Balaban J connectivity index is 1.95. The van der Waals surface area contributed by atoms with E-state index in [-0.39, 0.29) is 5.91 Å². The lowest BCUT2D eigenvalue weighted by Gasteiger charge is -2.32. The van der Waals surface area contributed by atoms with Gasteiger partial charge >= 0.3 is 0 Å². The van der Waals surface area contributed by atoms with Crippen LogP contribution in [0.15, 0.2) is 48.5 Å². The summed E-state index contributed by atoms with van der Waals surface area (Å²) in [5.41, 5.74) is -0.129. The number of hydrogen-bond acceptors (Lipinski definition) is 5. The van der Waals surface area contributed by atoms with Crippen molar-refractivity contribution >= 4 is 34.0 Å². The molecule has 0 spiro atoms. The highest BCUT2D eigenvalue weighted by molar-refractivity contribution is 7.15. The SMILES string of the molecule is CCc1nnc(N2C(=O)c3ccccc3[C@]2(O)c2ccc(Cl)cc2)s1. The molecule has 1 N–H and O–H groups in total. The van der Waals surface area contributed by atoms with Gasteiger partial charge in [0.2, 0.25) is 10.9 Å². The summed E-state index contributed by atoms with van der Waals surface area (Å²) in [6, 6.07) is 13.9. The summed E-state index contributed by atoms with van der Waals surface area (Å²) in [5, 5.41) is 21.6. The fraction of sp³-hybridized carbons (Fsp3) is 0.167. The van der Waals surface area contributed by atoms with Gasteiger partial charge in [0.05, 0.1) is 0 Å². The predicted molar refractivity (Wildman–Crippen MR) is 97.0 cm³/mol. The number of hydrogen-bond donors (Lipinski definition) is 1. The average Bonchev–Trinajstić information content (AvgIpc) is 3.18. The molecule has 1 aliphatic heterocycles. The highest BCUT2D eigenvalue weighted by atomic mass is 35.5. The van der Waals surface area contributed by atoms with E-state index in [0.717, 1.165) is 5.01 Å². The first kappa shape index (κ1) is 16.2. The van der Waals surface area contributed by atoms with Gasteiger partial charge in [-0.3, -0.25) is 4.79 Å². The van der Waals surface area contributed by atoms with Gasteiger partial charge in [-0.15, -0.1) is 10.2 Å². The van der Waals surface area contributed by atoms with Gasteiger partial charge in [-0.05, 0) is 24.6 Å². The van der Waals surface area contributed by atoms with E-state index in [1.54, 1.807) is 48.5 Å². The predicted octanol–water partition coefficient (Wildman–Crippen LogP) is 3.61. The molecule has 3 aromatic rings. The van der Waals surface area contributed by atoms with Crippen LogP contribution in [0.2, 0.25) is 5.02 Å². The van der Waals surface area contributed by atoms with Gasteiger partial charge in [0, 0.05) is 21.7 Å². The fourth-order valence-corrected chi connectivity index (χ4v) is 3.98. The van der Waals surface area contributed by atoms with Crippen molar-refractivity contribution in [2.24, 2.45) is 0 Å². The second kappa shape index (κ2) is 5.91. The second-order valence-electron chi connectivity index (χ2n) is 5.70. The number of aliphatic hydroxyl groups is 1. The largest absolute Gasteiger partial charge is 0.363 e. The number of halogens is 1. The minimum absolute atomic E-state index is 0.299. The molecule has 0 aliphatic carbocycles. The van der Waals surface area contributed by atoms with Crippen LogP contribution in [0.5, 0.6) is 0 Å². The van der Waals surface area contributed by atoms with E-state index < -0.39 is 5.72 Å². The van der Waals surface area contributed by atoms with Crippen LogP contribution in [0, 0.1) is 0 Å². The first-order chi connectivity index (χ1) is 12.1. The van der Waals surface area contributed by atoms with Crippen molar-refractivity contribution < 1.29 is 9.90 Å². The van der Waals surface area contributed by atoms with Crippen molar-refractivity contribution in [3.05, 3.63) is 75.3 Å². The molecule has 0 radical (unpaired) electrons. The van der Waals surface area contributed by atoms with Crippen molar-refractivity contribution in [1.82, 2.24) is 10.2 Å². The van der Waals surface area contributed by atoms with Gasteiger partial charge in [0.1, 0.15) is 5.01 Å². The van der Waals surface area contributed by atoms with E-state index in [4.69, 9.17) is 11.6 Å². The summed E-state index contributed by atoms with van der Waals surface area (Å²) in [4.78, 5) is 14.3. The van der Waals surface area contributed by atoms with E-state index in [0.29, 0.717) is 33.3 Å². The lowest BCUT2D eigenvalue weighted by molar-refractivity contribution is 0.0702. The first-order valence-electron chi connectivity index (χ1n) is 7.80. The third kappa shape index (κ3) is 2.37. The number of rotatable bonds is 3. The van der Waals surface area contributed by atoms with Gasteiger partial charge in [0.25, 0.3) is 5.91 Å². The summed E-state index contributed by atoms with van der Waals surface area (Å²) in [6.45, 7) is 1.97. The normalized spacial score (nSPS) is 19.3. The van der Waals surface area contributed by atoms with Crippen LogP contribution in [0.1, 0.15) is 33.4 Å². The Morgan fingerprint density at radius 1 is 1.16 bits per heavy atom. The second-order valence-corrected chi connectivity index (χ2v) is 7.17. The number of amides is 1. The van der Waals surface area contributed by atoms with Crippen molar-refractivity contribution in [3.63, 3.8) is 0 Å². The molecule has 25 heavy (non-hydrogen) atoms. The molecule has 1 aliphatic rings. The summed E-state index contributed by atoms with van der Waals surface area (Å²) >= 11 is 7.29. The van der Waals surface area contributed by atoms with E-state index in [1.807, 2.05) is 6.92 Å². The van der Waals surface area contributed by atoms with Gasteiger partial charge in [-0.2, -0.15) is 0 Å². The zero-order valence-electron chi connectivity index (χ0n) is 13.3. The summed E-state index contributed by atoms with van der Waals surface area (Å²) < 4.78 is 0. The lowest BCUT2D eigenvalue weighted by Crippen LogP contribution is -2.45. The van der Waals surface area contributed by atoms with E-state index in [1.165, 1.54) is 16.2 Å². The molecule has 0 saturated carbocycles.